The summed E-state index contributed by atoms with van der Waals surface area (Å²) in [4.78, 5) is 10.9. The molecule has 0 saturated carbocycles. The summed E-state index contributed by atoms with van der Waals surface area (Å²) < 4.78 is 0. The molecule has 0 heterocycles. The zero-order chi connectivity index (χ0) is 13.9. The maximum Gasteiger partial charge on any atom is 0.316 e. The van der Waals surface area contributed by atoms with Crippen molar-refractivity contribution in [2.24, 2.45) is 5.73 Å². The number of nitrogens with one attached hydrogen (secondary N) is 1. The Bertz CT molecular complexity index is 377. The van der Waals surface area contributed by atoms with Gasteiger partial charge in [-0.3, -0.25) is 0 Å². The minimum absolute atomic E-state index is 0.494. The SMILES string of the molecule is CCCCCCCCCc1ccccc1NC(N)=O. The van der Waals surface area contributed by atoms with Gasteiger partial charge in [-0.15, -0.1) is 0 Å². The minimum Gasteiger partial charge on any atom is -0.351 e. The Morgan fingerprint density at radius 1 is 1.05 bits per heavy atom. The van der Waals surface area contributed by atoms with Crippen LogP contribution in [0.5, 0.6) is 0 Å². The second kappa shape index (κ2) is 9.42. The van der Waals surface area contributed by atoms with Crippen LogP contribution in [0.15, 0.2) is 24.3 Å². The molecule has 0 fully saturated rings. The second-order valence-electron chi connectivity index (χ2n) is 5.02. The lowest BCUT2D eigenvalue weighted by Crippen LogP contribution is -2.20. The van der Waals surface area contributed by atoms with Crippen molar-refractivity contribution < 1.29 is 4.79 Å². The van der Waals surface area contributed by atoms with Gasteiger partial charge in [0.15, 0.2) is 0 Å². The van der Waals surface area contributed by atoms with E-state index in [-0.39, 0.29) is 0 Å². The van der Waals surface area contributed by atoms with Crippen molar-refractivity contribution in [1.82, 2.24) is 0 Å². The predicted molar refractivity (Wildman–Crippen MR) is 81.3 cm³/mol. The van der Waals surface area contributed by atoms with E-state index < -0.39 is 6.03 Å². The molecule has 1 aromatic carbocycles. The van der Waals surface area contributed by atoms with Gasteiger partial charge in [0.2, 0.25) is 0 Å². The van der Waals surface area contributed by atoms with Gasteiger partial charge in [-0.2, -0.15) is 0 Å². The van der Waals surface area contributed by atoms with Crippen molar-refractivity contribution in [1.29, 1.82) is 0 Å². The van der Waals surface area contributed by atoms with E-state index in [1.54, 1.807) is 0 Å². The van der Waals surface area contributed by atoms with E-state index in [9.17, 15) is 4.79 Å². The number of amides is 2. The van der Waals surface area contributed by atoms with Gasteiger partial charge in [-0.25, -0.2) is 4.79 Å². The van der Waals surface area contributed by atoms with E-state index in [0.29, 0.717) is 0 Å². The number of aryl methyl sites for hydroxylation is 1. The maximum absolute atomic E-state index is 10.9. The summed E-state index contributed by atoms with van der Waals surface area (Å²) in [5, 5.41) is 2.68. The van der Waals surface area contributed by atoms with E-state index in [1.165, 1.54) is 50.5 Å². The topological polar surface area (TPSA) is 55.1 Å². The number of carbonyl (C=O) groups excluding carboxylic acids is 1. The summed E-state index contributed by atoms with van der Waals surface area (Å²) in [6.45, 7) is 2.24. The van der Waals surface area contributed by atoms with Crippen molar-refractivity contribution >= 4 is 11.7 Å². The molecule has 3 nitrogen and oxygen atoms in total. The number of para-hydroxylation sites is 1. The Morgan fingerprint density at radius 3 is 2.37 bits per heavy atom. The quantitative estimate of drug-likeness (QED) is 0.634. The summed E-state index contributed by atoms with van der Waals surface area (Å²) >= 11 is 0. The molecule has 0 atom stereocenters. The molecule has 0 unspecified atom stereocenters. The maximum atomic E-state index is 10.9. The van der Waals surface area contributed by atoms with Gasteiger partial charge in [0.05, 0.1) is 0 Å². The number of hydrogen-bond acceptors (Lipinski definition) is 1. The standard InChI is InChI=1S/C16H26N2O/c1-2-3-4-5-6-7-8-11-14-12-9-10-13-15(14)18-16(17)19/h9-10,12-13H,2-8,11H2,1H3,(H3,17,18,19). The molecule has 0 spiro atoms. The number of hydrogen-bond donors (Lipinski definition) is 2. The number of benzene rings is 1. The lowest BCUT2D eigenvalue weighted by Gasteiger charge is -2.09. The van der Waals surface area contributed by atoms with Crippen molar-refractivity contribution in [3.8, 4) is 0 Å². The molecule has 0 saturated heterocycles. The number of rotatable bonds is 9. The van der Waals surface area contributed by atoms with E-state index in [1.807, 2.05) is 18.2 Å². The molecular formula is C16H26N2O. The molecule has 3 heteroatoms. The first kappa shape index (κ1) is 15.5. The van der Waals surface area contributed by atoms with Crippen molar-refractivity contribution in [3.63, 3.8) is 0 Å². The Balaban J connectivity index is 2.26. The third kappa shape index (κ3) is 6.85. The van der Waals surface area contributed by atoms with E-state index in [0.717, 1.165) is 12.1 Å². The molecule has 0 aliphatic carbocycles. The number of primary amides is 1. The summed E-state index contributed by atoms with van der Waals surface area (Å²) in [5.74, 6) is 0. The second-order valence-corrected chi connectivity index (χ2v) is 5.02. The highest BCUT2D eigenvalue weighted by atomic mass is 16.2. The highest BCUT2D eigenvalue weighted by Gasteiger charge is 2.03. The van der Waals surface area contributed by atoms with Crippen molar-refractivity contribution in [3.05, 3.63) is 29.8 Å². The monoisotopic (exact) mass is 262 g/mol. The Morgan fingerprint density at radius 2 is 1.68 bits per heavy atom. The molecular weight excluding hydrogens is 236 g/mol. The van der Waals surface area contributed by atoms with Crippen LogP contribution in [0.4, 0.5) is 10.5 Å². The third-order valence-electron chi connectivity index (χ3n) is 3.32. The van der Waals surface area contributed by atoms with E-state index >= 15 is 0 Å². The zero-order valence-corrected chi connectivity index (χ0v) is 12.0. The molecule has 106 valence electrons. The highest BCUT2D eigenvalue weighted by molar-refractivity contribution is 5.88. The fraction of sp³-hybridized carbons (Fsp3) is 0.562. The summed E-state index contributed by atoms with van der Waals surface area (Å²) in [6, 6.07) is 7.39. The summed E-state index contributed by atoms with van der Waals surface area (Å²) in [6.07, 6.45) is 10.1. The predicted octanol–water partition coefficient (Wildman–Crippen LogP) is 4.47. The fourth-order valence-corrected chi connectivity index (χ4v) is 2.27. The Kier molecular flexibility index (Phi) is 7.71. The first-order valence-electron chi connectivity index (χ1n) is 7.38. The average molecular weight is 262 g/mol. The van der Waals surface area contributed by atoms with Crippen molar-refractivity contribution in [2.45, 2.75) is 58.3 Å². The van der Waals surface area contributed by atoms with Gasteiger partial charge < -0.3 is 11.1 Å². The van der Waals surface area contributed by atoms with Crippen molar-refractivity contribution in [2.75, 3.05) is 5.32 Å². The fourth-order valence-electron chi connectivity index (χ4n) is 2.27. The zero-order valence-electron chi connectivity index (χ0n) is 12.0. The highest BCUT2D eigenvalue weighted by Crippen LogP contribution is 2.18. The normalized spacial score (nSPS) is 10.4. The largest absolute Gasteiger partial charge is 0.351 e. The molecule has 0 aromatic heterocycles. The average Bonchev–Trinajstić information content (AvgIpc) is 2.39. The first-order valence-corrected chi connectivity index (χ1v) is 7.38. The number of unbranched alkanes of at least 4 members (excludes halogenated alkanes) is 6. The van der Waals surface area contributed by atoms with Crippen LogP contribution in [0.3, 0.4) is 0 Å². The van der Waals surface area contributed by atoms with Crippen LogP contribution >= 0.6 is 0 Å². The van der Waals surface area contributed by atoms with Crippen LogP contribution in [-0.2, 0) is 6.42 Å². The number of nitrogens with two attached hydrogens (primary N) is 1. The van der Waals surface area contributed by atoms with Crippen LogP contribution in [0, 0.1) is 0 Å². The number of carbonyl (C=O) groups is 1. The first-order chi connectivity index (χ1) is 9.24. The van der Waals surface area contributed by atoms with Crippen LogP contribution in [-0.4, -0.2) is 6.03 Å². The molecule has 1 rings (SSSR count). The van der Waals surface area contributed by atoms with Gasteiger partial charge in [0, 0.05) is 5.69 Å². The van der Waals surface area contributed by atoms with Crippen LogP contribution in [0.2, 0.25) is 0 Å². The van der Waals surface area contributed by atoms with Gasteiger partial charge in [0.25, 0.3) is 0 Å². The molecule has 1 aromatic rings. The third-order valence-corrected chi connectivity index (χ3v) is 3.32. The lowest BCUT2D eigenvalue weighted by atomic mass is 10.0. The molecule has 0 bridgehead atoms. The van der Waals surface area contributed by atoms with E-state index in [2.05, 4.69) is 18.3 Å². The Labute approximate surface area is 116 Å². The number of anilines is 1. The lowest BCUT2D eigenvalue weighted by molar-refractivity contribution is 0.259. The van der Waals surface area contributed by atoms with Gasteiger partial charge in [-0.05, 0) is 24.5 Å². The molecule has 0 radical (unpaired) electrons. The van der Waals surface area contributed by atoms with Gasteiger partial charge in [-0.1, -0.05) is 63.6 Å². The van der Waals surface area contributed by atoms with Crippen LogP contribution in [0.25, 0.3) is 0 Å². The minimum atomic E-state index is -0.494. The molecule has 0 aliphatic rings. The number of urea groups is 1. The summed E-state index contributed by atoms with van der Waals surface area (Å²) in [5.41, 5.74) is 7.19. The molecule has 3 N–H and O–H groups in total. The Hall–Kier alpha value is -1.51. The van der Waals surface area contributed by atoms with Gasteiger partial charge in [0.1, 0.15) is 0 Å². The summed E-state index contributed by atoms with van der Waals surface area (Å²) in [7, 11) is 0. The van der Waals surface area contributed by atoms with Crippen LogP contribution < -0.4 is 11.1 Å². The van der Waals surface area contributed by atoms with Crippen LogP contribution in [0.1, 0.15) is 57.4 Å². The molecule has 0 aliphatic heterocycles. The van der Waals surface area contributed by atoms with Gasteiger partial charge >= 0.3 is 6.03 Å². The van der Waals surface area contributed by atoms with E-state index in [4.69, 9.17) is 5.73 Å². The smallest absolute Gasteiger partial charge is 0.316 e. The molecule has 2 amide bonds. The molecule has 19 heavy (non-hydrogen) atoms.